The second kappa shape index (κ2) is 5.11. The summed E-state index contributed by atoms with van der Waals surface area (Å²) in [7, 11) is 4.49. The Bertz CT molecular complexity index is 365. The number of benzene rings is 2. The Morgan fingerprint density at radius 2 is 1.13 bits per heavy atom. The lowest BCUT2D eigenvalue weighted by atomic mass is 10.4. The lowest BCUT2D eigenvalue weighted by molar-refractivity contribution is 0.705. The van der Waals surface area contributed by atoms with Crippen LogP contribution in [0.3, 0.4) is 0 Å². The highest BCUT2D eigenvalue weighted by atomic mass is 31.1. The van der Waals surface area contributed by atoms with E-state index in [2.05, 4.69) is 0 Å². The van der Waals surface area contributed by atoms with E-state index in [4.69, 9.17) is 12.5 Å². The van der Waals surface area contributed by atoms with Crippen molar-refractivity contribution in [2.24, 2.45) is 0 Å². The molecule has 2 aromatic rings. The molecule has 0 amide bonds. The van der Waals surface area contributed by atoms with E-state index in [-0.39, 0.29) is 0 Å². The number of hydrogen-bond acceptors (Lipinski definition) is 1. The Balaban J connectivity index is 2.34. The van der Waals surface area contributed by atoms with E-state index in [0.717, 1.165) is 10.6 Å². The fourth-order valence-corrected chi connectivity index (χ4v) is 2.82. The van der Waals surface area contributed by atoms with Gasteiger partial charge in [-0.3, -0.25) is 0 Å². The van der Waals surface area contributed by atoms with Crippen molar-refractivity contribution < 1.29 is 4.44 Å². The summed E-state index contributed by atoms with van der Waals surface area (Å²) in [5.41, 5.74) is 0. The maximum absolute atomic E-state index is 5.37. The van der Waals surface area contributed by atoms with E-state index in [1.165, 1.54) is 0 Å². The minimum atomic E-state index is -0.871. The second-order valence-electron chi connectivity index (χ2n) is 3.07. The van der Waals surface area contributed by atoms with Gasteiger partial charge >= 0.3 is 0 Å². The van der Waals surface area contributed by atoms with Gasteiger partial charge in [0, 0.05) is 10.6 Å². The quantitative estimate of drug-likeness (QED) is 0.559. The molecular formula is C12H10BOP. The summed E-state index contributed by atoms with van der Waals surface area (Å²) in [6.07, 6.45) is 0. The molecule has 72 valence electrons. The van der Waals surface area contributed by atoms with Crippen molar-refractivity contribution in [2.45, 2.75) is 0 Å². The maximum Gasteiger partial charge on any atom is 0.289 e. The Morgan fingerprint density at radius 3 is 1.47 bits per heavy atom. The first-order chi connectivity index (χ1) is 7.42. The van der Waals surface area contributed by atoms with E-state index in [1.807, 2.05) is 60.7 Å². The highest BCUT2D eigenvalue weighted by Crippen LogP contribution is 2.32. The van der Waals surface area contributed by atoms with Crippen molar-refractivity contribution >= 4 is 26.8 Å². The molecule has 0 N–H and O–H groups in total. The first-order valence-electron chi connectivity index (χ1n) is 4.69. The van der Waals surface area contributed by atoms with Gasteiger partial charge in [-0.15, -0.1) is 0 Å². The summed E-state index contributed by atoms with van der Waals surface area (Å²) in [5, 5.41) is 2.25. The molecule has 0 atom stereocenters. The molecule has 15 heavy (non-hydrogen) atoms. The van der Waals surface area contributed by atoms with Crippen molar-refractivity contribution in [3.63, 3.8) is 0 Å². The van der Waals surface area contributed by atoms with Gasteiger partial charge in [0.25, 0.3) is 8.05 Å². The molecule has 0 bridgehead atoms. The van der Waals surface area contributed by atoms with Crippen molar-refractivity contribution in [2.75, 3.05) is 0 Å². The summed E-state index contributed by atoms with van der Waals surface area (Å²) >= 11 is 0. The van der Waals surface area contributed by atoms with Crippen molar-refractivity contribution in [3.05, 3.63) is 60.7 Å². The molecule has 0 spiro atoms. The van der Waals surface area contributed by atoms with Gasteiger partial charge in [-0.05, 0) is 0 Å². The molecule has 0 saturated carbocycles. The Labute approximate surface area is 92.4 Å². The van der Waals surface area contributed by atoms with Crippen LogP contribution < -0.4 is 10.6 Å². The van der Waals surface area contributed by atoms with Gasteiger partial charge in [-0.1, -0.05) is 60.7 Å². The molecular weight excluding hydrogens is 202 g/mol. The third-order valence-corrected chi connectivity index (χ3v) is 3.83. The molecule has 2 rings (SSSR count). The molecule has 0 fully saturated rings. The molecule has 0 heterocycles. The third-order valence-electron chi connectivity index (χ3n) is 2.09. The largest absolute Gasteiger partial charge is 0.421 e. The molecule has 2 radical (unpaired) electrons. The average Bonchev–Trinajstić information content (AvgIpc) is 2.33. The maximum atomic E-state index is 5.37. The Kier molecular flexibility index (Phi) is 3.55. The Morgan fingerprint density at radius 1 is 0.733 bits per heavy atom. The van der Waals surface area contributed by atoms with Crippen LogP contribution in [0.1, 0.15) is 0 Å². The topological polar surface area (TPSA) is 9.23 Å². The molecule has 3 heteroatoms. The highest BCUT2D eigenvalue weighted by Gasteiger charge is 2.11. The van der Waals surface area contributed by atoms with Crippen LogP contribution in [0.4, 0.5) is 0 Å². The van der Waals surface area contributed by atoms with E-state index < -0.39 is 8.15 Å². The minimum Gasteiger partial charge on any atom is -0.421 e. The molecule has 0 aromatic heterocycles. The van der Waals surface area contributed by atoms with Crippen LogP contribution in [0.25, 0.3) is 0 Å². The van der Waals surface area contributed by atoms with E-state index in [0.29, 0.717) is 0 Å². The monoisotopic (exact) mass is 212 g/mol. The predicted octanol–water partition coefficient (Wildman–Crippen LogP) is 2.13. The summed E-state index contributed by atoms with van der Waals surface area (Å²) in [4.78, 5) is 0. The summed E-state index contributed by atoms with van der Waals surface area (Å²) in [6.45, 7) is 0. The van der Waals surface area contributed by atoms with Crippen LogP contribution in [0.5, 0.6) is 0 Å². The van der Waals surface area contributed by atoms with Crippen molar-refractivity contribution in [1.82, 2.24) is 0 Å². The van der Waals surface area contributed by atoms with E-state index >= 15 is 0 Å². The van der Waals surface area contributed by atoms with Crippen molar-refractivity contribution in [1.29, 1.82) is 0 Å². The van der Waals surface area contributed by atoms with Crippen LogP contribution in [0.2, 0.25) is 0 Å². The lowest BCUT2D eigenvalue weighted by Gasteiger charge is -2.16. The average molecular weight is 212 g/mol. The normalized spacial score (nSPS) is 10.5. The Hall–Kier alpha value is -1.11. The number of hydrogen-bond donors (Lipinski definition) is 0. The fourth-order valence-electron chi connectivity index (χ4n) is 1.40. The zero-order valence-electron chi connectivity index (χ0n) is 8.21. The molecule has 0 aliphatic rings. The molecule has 2 aromatic carbocycles. The molecule has 0 aliphatic carbocycles. The van der Waals surface area contributed by atoms with E-state index in [9.17, 15) is 0 Å². The predicted molar refractivity (Wildman–Crippen MR) is 65.9 cm³/mol. The van der Waals surface area contributed by atoms with Crippen molar-refractivity contribution in [3.8, 4) is 0 Å². The summed E-state index contributed by atoms with van der Waals surface area (Å²) in [6, 6.07) is 20.1. The first-order valence-corrected chi connectivity index (χ1v) is 5.95. The highest BCUT2D eigenvalue weighted by molar-refractivity contribution is 7.69. The van der Waals surface area contributed by atoms with Gasteiger partial charge in [0.2, 0.25) is 0 Å². The second-order valence-corrected chi connectivity index (χ2v) is 4.90. The summed E-state index contributed by atoms with van der Waals surface area (Å²) < 4.78 is 5.09. The lowest BCUT2D eigenvalue weighted by Crippen LogP contribution is -2.12. The number of rotatable bonds is 3. The smallest absolute Gasteiger partial charge is 0.289 e. The van der Waals surface area contributed by atoms with Gasteiger partial charge < -0.3 is 4.44 Å². The van der Waals surface area contributed by atoms with E-state index in [1.54, 1.807) is 0 Å². The molecule has 0 aliphatic heterocycles. The van der Waals surface area contributed by atoms with Gasteiger partial charge in [-0.25, -0.2) is 0 Å². The SMILES string of the molecule is [B]OP(c1ccccc1)c1ccccc1. The van der Waals surface area contributed by atoms with Crippen LogP contribution in [-0.4, -0.2) is 8.05 Å². The van der Waals surface area contributed by atoms with Gasteiger partial charge in [0.15, 0.2) is 0 Å². The zero-order chi connectivity index (χ0) is 10.5. The van der Waals surface area contributed by atoms with Gasteiger partial charge in [0.05, 0.1) is 8.15 Å². The summed E-state index contributed by atoms with van der Waals surface area (Å²) in [5.74, 6) is 0. The fraction of sp³-hybridized carbons (Fsp3) is 0. The standard InChI is InChI=1S/C12H10BOP/c13-14-15(11-7-3-1-4-8-11)12-9-5-2-6-10-12/h1-10H. The first kappa shape index (κ1) is 10.4. The van der Waals surface area contributed by atoms with Crippen LogP contribution in [0, 0.1) is 0 Å². The van der Waals surface area contributed by atoms with Gasteiger partial charge in [-0.2, -0.15) is 0 Å². The van der Waals surface area contributed by atoms with Crippen LogP contribution in [0.15, 0.2) is 60.7 Å². The minimum absolute atomic E-state index is 0.871. The van der Waals surface area contributed by atoms with Gasteiger partial charge in [0.1, 0.15) is 0 Å². The van der Waals surface area contributed by atoms with Crippen LogP contribution >= 0.6 is 8.15 Å². The molecule has 1 nitrogen and oxygen atoms in total. The van der Waals surface area contributed by atoms with Crippen LogP contribution in [-0.2, 0) is 4.44 Å². The third kappa shape index (κ3) is 2.47. The molecule has 0 saturated heterocycles. The zero-order valence-corrected chi connectivity index (χ0v) is 9.10. The molecule has 0 unspecified atom stereocenters.